The normalized spacial score (nSPS) is 12.7. The van der Waals surface area contributed by atoms with E-state index < -0.39 is 0 Å². The summed E-state index contributed by atoms with van der Waals surface area (Å²) in [4.78, 5) is 4.20. The van der Waals surface area contributed by atoms with Crippen molar-refractivity contribution in [1.29, 1.82) is 0 Å². The molecular formula is C13H18N4O. The van der Waals surface area contributed by atoms with Crippen molar-refractivity contribution in [2.45, 2.75) is 26.0 Å². The number of nitrogens with one attached hydrogen (secondary N) is 2. The number of hydrogen-bond donors (Lipinski definition) is 2. The van der Waals surface area contributed by atoms with Crippen molar-refractivity contribution in [2.75, 3.05) is 7.05 Å². The molecule has 2 aromatic rings. The molecule has 0 spiro atoms. The van der Waals surface area contributed by atoms with Crippen LogP contribution in [0.5, 0.6) is 5.75 Å². The number of ether oxygens (including phenoxy) is 1. The first-order valence-corrected chi connectivity index (χ1v) is 6.00. The SMILES string of the molecule is CNC(c1ncn[nH]1)c1ccccc1OC(C)C. The maximum Gasteiger partial charge on any atom is 0.146 e. The first-order valence-electron chi connectivity index (χ1n) is 6.00. The summed E-state index contributed by atoms with van der Waals surface area (Å²) in [6.07, 6.45) is 1.64. The van der Waals surface area contributed by atoms with Crippen molar-refractivity contribution in [3.05, 3.63) is 42.0 Å². The first-order chi connectivity index (χ1) is 8.72. The van der Waals surface area contributed by atoms with Crippen LogP contribution in [0.1, 0.15) is 31.3 Å². The van der Waals surface area contributed by atoms with Crippen LogP contribution < -0.4 is 10.1 Å². The number of benzene rings is 1. The highest BCUT2D eigenvalue weighted by Gasteiger charge is 2.19. The van der Waals surface area contributed by atoms with Crippen molar-refractivity contribution >= 4 is 0 Å². The van der Waals surface area contributed by atoms with Crippen LogP contribution in [0.2, 0.25) is 0 Å². The van der Waals surface area contributed by atoms with E-state index in [0.29, 0.717) is 0 Å². The maximum atomic E-state index is 5.82. The summed E-state index contributed by atoms with van der Waals surface area (Å²) in [6, 6.07) is 7.90. The number of rotatable bonds is 5. The summed E-state index contributed by atoms with van der Waals surface area (Å²) in [5, 5.41) is 10.00. The minimum absolute atomic E-state index is 0.0533. The minimum atomic E-state index is -0.0533. The molecule has 96 valence electrons. The van der Waals surface area contributed by atoms with E-state index in [1.54, 1.807) is 0 Å². The molecule has 0 fully saturated rings. The fourth-order valence-electron chi connectivity index (χ4n) is 1.87. The third-order valence-electron chi connectivity index (χ3n) is 2.59. The van der Waals surface area contributed by atoms with Crippen LogP contribution in [0.3, 0.4) is 0 Å². The van der Waals surface area contributed by atoms with Gasteiger partial charge in [-0.2, -0.15) is 5.10 Å². The van der Waals surface area contributed by atoms with Crippen LogP contribution in [0.25, 0.3) is 0 Å². The van der Waals surface area contributed by atoms with E-state index in [2.05, 4.69) is 20.5 Å². The number of para-hydroxylation sites is 1. The van der Waals surface area contributed by atoms with Gasteiger partial charge in [0.2, 0.25) is 0 Å². The summed E-state index contributed by atoms with van der Waals surface area (Å²) in [5.74, 6) is 1.64. The predicted molar refractivity (Wildman–Crippen MR) is 69.5 cm³/mol. The largest absolute Gasteiger partial charge is 0.491 e. The van der Waals surface area contributed by atoms with Gasteiger partial charge in [-0.15, -0.1) is 0 Å². The summed E-state index contributed by atoms with van der Waals surface area (Å²) in [7, 11) is 1.89. The van der Waals surface area contributed by atoms with Gasteiger partial charge in [-0.1, -0.05) is 18.2 Å². The molecule has 0 amide bonds. The Morgan fingerprint density at radius 1 is 1.28 bits per heavy atom. The van der Waals surface area contributed by atoms with E-state index in [9.17, 15) is 0 Å². The summed E-state index contributed by atoms with van der Waals surface area (Å²) in [5.41, 5.74) is 1.05. The molecule has 0 aliphatic carbocycles. The molecule has 1 unspecified atom stereocenters. The smallest absolute Gasteiger partial charge is 0.146 e. The molecule has 0 saturated heterocycles. The molecule has 2 rings (SSSR count). The molecule has 1 heterocycles. The van der Waals surface area contributed by atoms with Gasteiger partial charge in [0, 0.05) is 5.56 Å². The zero-order chi connectivity index (χ0) is 13.0. The lowest BCUT2D eigenvalue weighted by Gasteiger charge is -2.19. The van der Waals surface area contributed by atoms with Crippen molar-refractivity contribution in [3.8, 4) is 5.75 Å². The monoisotopic (exact) mass is 246 g/mol. The molecule has 0 saturated carbocycles. The molecule has 0 aliphatic rings. The molecule has 5 heteroatoms. The van der Waals surface area contributed by atoms with Crippen LogP contribution >= 0.6 is 0 Å². The number of nitrogens with zero attached hydrogens (tertiary/aromatic N) is 2. The predicted octanol–water partition coefficient (Wildman–Crippen LogP) is 1.90. The second-order valence-corrected chi connectivity index (χ2v) is 4.30. The van der Waals surface area contributed by atoms with Crippen molar-refractivity contribution in [3.63, 3.8) is 0 Å². The van der Waals surface area contributed by atoms with Gasteiger partial charge in [-0.05, 0) is 27.0 Å². The van der Waals surface area contributed by atoms with Crippen molar-refractivity contribution in [1.82, 2.24) is 20.5 Å². The Labute approximate surface area is 107 Å². The summed E-state index contributed by atoms with van der Waals surface area (Å²) < 4.78 is 5.82. The Morgan fingerprint density at radius 2 is 2.06 bits per heavy atom. The molecule has 1 aromatic heterocycles. The summed E-state index contributed by atoms with van der Waals surface area (Å²) in [6.45, 7) is 4.03. The molecule has 1 atom stereocenters. The van der Waals surface area contributed by atoms with Gasteiger partial charge < -0.3 is 10.1 Å². The van der Waals surface area contributed by atoms with Crippen molar-refractivity contribution in [2.24, 2.45) is 0 Å². The van der Waals surface area contributed by atoms with E-state index in [1.807, 2.05) is 45.2 Å². The average molecular weight is 246 g/mol. The molecule has 1 aromatic carbocycles. The Balaban J connectivity index is 2.36. The van der Waals surface area contributed by atoms with E-state index in [4.69, 9.17) is 4.74 Å². The lowest BCUT2D eigenvalue weighted by atomic mass is 10.1. The quantitative estimate of drug-likeness (QED) is 0.845. The highest BCUT2D eigenvalue weighted by molar-refractivity contribution is 5.38. The van der Waals surface area contributed by atoms with Crippen molar-refractivity contribution < 1.29 is 4.74 Å². The second-order valence-electron chi connectivity index (χ2n) is 4.30. The lowest BCUT2D eigenvalue weighted by Crippen LogP contribution is -2.20. The average Bonchev–Trinajstić information content (AvgIpc) is 2.85. The van der Waals surface area contributed by atoms with Gasteiger partial charge in [0.15, 0.2) is 0 Å². The van der Waals surface area contributed by atoms with Crippen LogP contribution in [-0.2, 0) is 0 Å². The lowest BCUT2D eigenvalue weighted by molar-refractivity contribution is 0.238. The highest BCUT2D eigenvalue weighted by atomic mass is 16.5. The highest BCUT2D eigenvalue weighted by Crippen LogP contribution is 2.28. The van der Waals surface area contributed by atoms with E-state index in [1.165, 1.54) is 6.33 Å². The van der Waals surface area contributed by atoms with Crippen LogP contribution in [0, 0.1) is 0 Å². The summed E-state index contributed by atoms with van der Waals surface area (Å²) >= 11 is 0. The molecule has 0 bridgehead atoms. The number of hydrogen-bond acceptors (Lipinski definition) is 4. The fraction of sp³-hybridized carbons (Fsp3) is 0.385. The zero-order valence-corrected chi connectivity index (χ0v) is 10.8. The molecule has 5 nitrogen and oxygen atoms in total. The Morgan fingerprint density at radius 3 is 2.67 bits per heavy atom. The number of aromatic nitrogens is 3. The Hall–Kier alpha value is -1.88. The first kappa shape index (κ1) is 12.6. The Bertz CT molecular complexity index is 481. The molecule has 0 radical (unpaired) electrons. The third kappa shape index (κ3) is 2.68. The standard InChI is InChI=1S/C13H18N4O/c1-9(2)18-11-7-5-4-6-10(11)12(14-3)13-15-8-16-17-13/h4-9,12,14H,1-3H3,(H,15,16,17). The second kappa shape index (κ2) is 5.64. The van der Waals surface area contributed by atoms with Gasteiger partial charge in [0.1, 0.15) is 17.9 Å². The zero-order valence-electron chi connectivity index (χ0n) is 10.8. The Kier molecular flexibility index (Phi) is 3.94. The fourth-order valence-corrected chi connectivity index (χ4v) is 1.87. The van der Waals surface area contributed by atoms with Crippen LogP contribution in [-0.4, -0.2) is 28.3 Å². The molecular weight excluding hydrogens is 228 g/mol. The minimum Gasteiger partial charge on any atom is -0.491 e. The third-order valence-corrected chi connectivity index (χ3v) is 2.59. The van der Waals surface area contributed by atoms with E-state index in [-0.39, 0.29) is 12.1 Å². The number of H-pyrrole nitrogens is 1. The van der Waals surface area contributed by atoms with Gasteiger partial charge in [-0.3, -0.25) is 5.10 Å². The van der Waals surface area contributed by atoms with E-state index >= 15 is 0 Å². The van der Waals surface area contributed by atoms with Gasteiger partial charge in [0.05, 0.1) is 12.1 Å². The van der Waals surface area contributed by atoms with E-state index in [0.717, 1.165) is 17.1 Å². The van der Waals surface area contributed by atoms with Crippen LogP contribution in [0.4, 0.5) is 0 Å². The maximum absolute atomic E-state index is 5.82. The van der Waals surface area contributed by atoms with Gasteiger partial charge in [0.25, 0.3) is 0 Å². The van der Waals surface area contributed by atoms with Crippen LogP contribution in [0.15, 0.2) is 30.6 Å². The van der Waals surface area contributed by atoms with Gasteiger partial charge >= 0.3 is 0 Å². The molecule has 0 aliphatic heterocycles. The number of aromatic amines is 1. The molecule has 2 N–H and O–H groups in total. The topological polar surface area (TPSA) is 62.8 Å². The van der Waals surface area contributed by atoms with Gasteiger partial charge in [-0.25, -0.2) is 4.98 Å². The molecule has 18 heavy (non-hydrogen) atoms.